The van der Waals surface area contributed by atoms with Crippen LogP contribution in [0.3, 0.4) is 0 Å². The largest absolute Gasteiger partial charge is 0.497 e. The number of nitrogens with one attached hydrogen (secondary N) is 1. The molecule has 0 radical (unpaired) electrons. The molecule has 2 aromatic rings. The molecule has 0 saturated carbocycles. The summed E-state index contributed by atoms with van der Waals surface area (Å²) in [6.45, 7) is 1.84. The van der Waals surface area contributed by atoms with Crippen molar-refractivity contribution in [1.29, 1.82) is 0 Å². The predicted molar refractivity (Wildman–Crippen MR) is 103 cm³/mol. The molecule has 0 aliphatic carbocycles. The van der Waals surface area contributed by atoms with E-state index >= 15 is 0 Å². The van der Waals surface area contributed by atoms with Crippen molar-refractivity contribution < 1.29 is 23.7 Å². The van der Waals surface area contributed by atoms with Gasteiger partial charge in [-0.15, -0.1) is 11.8 Å². The Morgan fingerprint density at radius 2 is 1.58 bits per heavy atom. The van der Waals surface area contributed by atoms with E-state index in [4.69, 9.17) is 18.9 Å². The van der Waals surface area contributed by atoms with Crippen LogP contribution in [-0.2, 0) is 4.79 Å². The molecule has 0 unspecified atom stereocenters. The van der Waals surface area contributed by atoms with Crippen LogP contribution in [0.1, 0.15) is 6.92 Å². The van der Waals surface area contributed by atoms with Crippen LogP contribution in [-0.4, -0.2) is 39.6 Å². The molecule has 0 aliphatic heterocycles. The SMILES string of the molecule is COc1ccc(NC(=O)[C@H](C)Sc2ccc(OC)c(OC)c2)c(OC)c1. The molecule has 0 aliphatic rings. The fraction of sp³-hybridized carbons (Fsp3) is 0.316. The first-order valence-corrected chi connectivity index (χ1v) is 8.82. The van der Waals surface area contributed by atoms with E-state index < -0.39 is 0 Å². The Labute approximate surface area is 157 Å². The number of carbonyl (C=O) groups excluding carboxylic acids is 1. The van der Waals surface area contributed by atoms with Gasteiger partial charge in [-0.3, -0.25) is 4.79 Å². The van der Waals surface area contributed by atoms with Gasteiger partial charge >= 0.3 is 0 Å². The Kier molecular flexibility index (Phi) is 7.03. The van der Waals surface area contributed by atoms with Gasteiger partial charge in [0, 0.05) is 11.0 Å². The number of methoxy groups -OCH3 is 4. The molecule has 1 amide bonds. The van der Waals surface area contributed by atoms with Crippen molar-refractivity contribution in [2.24, 2.45) is 0 Å². The molecule has 0 heterocycles. The van der Waals surface area contributed by atoms with Gasteiger partial charge in [0.15, 0.2) is 11.5 Å². The lowest BCUT2D eigenvalue weighted by atomic mass is 10.2. The Balaban J connectivity index is 2.08. The van der Waals surface area contributed by atoms with Gasteiger partial charge in [-0.25, -0.2) is 0 Å². The molecular weight excluding hydrogens is 354 g/mol. The molecular formula is C19H23NO5S. The van der Waals surface area contributed by atoms with Gasteiger partial charge in [0.1, 0.15) is 11.5 Å². The number of hydrogen-bond donors (Lipinski definition) is 1. The molecule has 140 valence electrons. The predicted octanol–water partition coefficient (Wildman–Crippen LogP) is 3.84. The summed E-state index contributed by atoms with van der Waals surface area (Å²) in [4.78, 5) is 13.5. The van der Waals surface area contributed by atoms with E-state index in [9.17, 15) is 4.79 Å². The zero-order chi connectivity index (χ0) is 19.1. The molecule has 1 N–H and O–H groups in total. The highest BCUT2D eigenvalue weighted by atomic mass is 32.2. The maximum atomic E-state index is 12.5. The third kappa shape index (κ3) is 4.76. The van der Waals surface area contributed by atoms with Crippen molar-refractivity contribution in [3.8, 4) is 23.0 Å². The lowest BCUT2D eigenvalue weighted by Gasteiger charge is -2.15. The third-order valence-corrected chi connectivity index (χ3v) is 4.80. The van der Waals surface area contributed by atoms with Gasteiger partial charge in [0.05, 0.1) is 39.4 Å². The van der Waals surface area contributed by atoms with Crippen LogP contribution in [0.4, 0.5) is 5.69 Å². The van der Waals surface area contributed by atoms with Crippen LogP contribution >= 0.6 is 11.8 Å². The summed E-state index contributed by atoms with van der Waals surface area (Å²) in [5.41, 5.74) is 0.595. The van der Waals surface area contributed by atoms with E-state index in [-0.39, 0.29) is 11.2 Å². The normalized spacial score (nSPS) is 11.4. The molecule has 2 aromatic carbocycles. The Morgan fingerprint density at radius 3 is 2.19 bits per heavy atom. The summed E-state index contributed by atoms with van der Waals surface area (Å²) in [6.07, 6.45) is 0. The lowest BCUT2D eigenvalue weighted by molar-refractivity contribution is -0.115. The Hall–Kier alpha value is -2.54. The van der Waals surface area contributed by atoms with Crippen molar-refractivity contribution in [2.45, 2.75) is 17.1 Å². The maximum absolute atomic E-state index is 12.5. The minimum absolute atomic E-state index is 0.131. The van der Waals surface area contributed by atoms with Crippen molar-refractivity contribution >= 4 is 23.4 Å². The Bertz CT molecular complexity index is 766. The summed E-state index contributed by atoms with van der Waals surface area (Å²) >= 11 is 1.43. The van der Waals surface area contributed by atoms with Crippen LogP contribution < -0.4 is 24.3 Å². The summed E-state index contributed by atoms with van der Waals surface area (Å²) in [5, 5.41) is 2.57. The molecule has 2 rings (SSSR count). The smallest absolute Gasteiger partial charge is 0.237 e. The van der Waals surface area contributed by atoms with E-state index in [2.05, 4.69) is 5.32 Å². The number of rotatable bonds is 8. The van der Waals surface area contributed by atoms with Gasteiger partial charge < -0.3 is 24.3 Å². The maximum Gasteiger partial charge on any atom is 0.237 e. The van der Waals surface area contributed by atoms with Gasteiger partial charge in [0.2, 0.25) is 5.91 Å². The number of carbonyl (C=O) groups is 1. The molecule has 7 heteroatoms. The molecule has 0 spiro atoms. The number of thioether (sulfide) groups is 1. The first-order chi connectivity index (χ1) is 12.5. The summed E-state index contributed by atoms with van der Waals surface area (Å²) in [6, 6.07) is 10.8. The minimum atomic E-state index is -0.320. The average molecular weight is 377 g/mol. The number of anilines is 1. The van der Waals surface area contributed by atoms with Gasteiger partial charge in [-0.2, -0.15) is 0 Å². The minimum Gasteiger partial charge on any atom is -0.497 e. The summed E-state index contributed by atoms with van der Waals surface area (Å²) < 4.78 is 21.0. The number of benzene rings is 2. The molecule has 0 fully saturated rings. The number of amides is 1. The van der Waals surface area contributed by atoms with Crippen LogP contribution in [0.25, 0.3) is 0 Å². The van der Waals surface area contributed by atoms with Crippen LogP contribution in [0.2, 0.25) is 0 Å². The summed E-state index contributed by atoms with van der Waals surface area (Å²) in [5.74, 6) is 2.35. The lowest BCUT2D eigenvalue weighted by Crippen LogP contribution is -2.22. The van der Waals surface area contributed by atoms with E-state index in [1.165, 1.54) is 11.8 Å². The molecule has 1 atom stereocenters. The zero-order valence-corrected chi connectivity index (χ0v) is 16.3. The van der Waals surface area contributed by atoms with Crippen molar-refractivity contribution in [1.82, 2.24) is 0 Å². The molecule has 0 bridgehead atoms. The number of ether oxygens (including phenoxy) is 4. The average Bonchev–Trinajstić information content (AvgIpc) is 2.67. The van der Waals surface area contributed by atoms with Crippen molar-refractivity contribution in [3.63, 3.8) is 0 Å². The van der Waals surface area contributed by atoms with E-state index in [0.717, 1.165) is 4.90 Å². The zero-order valence-electron chi connectivity index (χ0n) is 15.5. The van der Waals surface area contributed by atoms with Crippen LogP contribution in [0, 0.1) is 0 Å². The molecule has 26 heavy (non-hydrogen) atoms. The second-order valence-electron chi connectivity index (χ2n) is 5.33. The van der Waals surface area contributed by atoms with Crippen LogP contribution in [0.5, 0.6) is 23.0 Å². The monoisotopic (exact) mass is 377 g/mol. The summed E-state index contributed by atoms with van der Waals surface area (Å²) in [7, 11) is 6.29. The fourth-order valence-corrected chi connectivity index (χ4v) is 3.18. The second kappa shape index (κ2) is 9.24. The highest BCUT2D eigenvalue weighted by Gasteiger charge is 2.17. The topological polar surface area (TPSA) is 66.0 Å². The first-order valence-electron chi connectivity index (χ1n) is 7.94. The molecule has 0 saturated heterocycles. The Morgan fingerprint density at radius 1 is 0.885 bits per heavy atom. The quantitative estimate of drug-likeness (QED) is 0.705. The van der Waals surface area contributed by atoms with Crippen molar-refractivity contribution in [3.05, 3.63) is 36.4 Å². The van der Waals surface area contributed by atoms with E-state index in [1.54, 1.807) is 46.6 Å². The highest BCUT2D eigenvalue weighted by Crippen LogP contribution is 2.34. The third-order valence-electron chi connectivity index (χ3n) is 3.70. The van der Waals surface area contributed by atoms with E-state index in [0.29, 0.717) is 28.7 Å². The van der Waals surface area contributed by atoms with E-state index in [1.807, 2.05) is 25.1 Å². The fourth-order valence-electron chi connectivity index (χ4n) is 2.28. The van der Waals surface area contributed by atoms with Gasteiger partial charge in [-0.1, -0.05) is 0 Å². The van der Waals surface area contributed by atoms with Crippen LogP contribution in [0.15, 0.2) is 41.3 Å². The molecule has 0 aromatic heterocycles. The van der Waals surface area contributed by atoms with Gasteiger partial charge in [0.25, 0.3) is 0 Å². The van der Waals surface area contributed by atoms with Crippen molar-refractivity contribution in [2.75, 3.05) is 33.8 Å². The number of hydrogen-bond acceptors (Lipinski definition) is 6. The second-order valence-corrected chi connectivity index (χ2v) is 6.75. The van der Waals surface area contributed by atoms with Gasteiger partial charge in [-0.05, 0) is 37.3 Å². The molecule has 6 nitrogen and oxygen atoms in total. The standard InChI is InChI=1S/C19H23NO5S/c1-12(26-14-7-9-16(23-3)18(11-14)25-5)19(21)20-15-8-6-13(22-2)10-17(15)24-4/h6-12H,1-5H3,(H,20,21)/t12-/m0/s1. The highest BCUT2D eigenvalue weighted by molar-refractivity contribution is 8.00. The first kappa shape index (κ1) is 19.8.